The van der Waals surface area contributed by atoms with Gasteiger partial charge in [-0.05, 0) is 43.9 Å². The number of carbonyl (C=O) groups is 2. The summed E-state index contributed by atoms with van der Waals surface area (Å²) in [5, 5.41) is 11.1. The van der Waals surface area contributed by atoms with E-state index < -0.39 is 17.7 Å². The zero-order valence-electron chi connectivity index (χ0n) is 18.6. The molecule has 1 fully saturated rings. The third kappa shape index (κ3) is 4.84. The van der Waals surface area contributed by atoms with Gasteiger partial charge in [0.25, 0.3) is 11.7 Å². The molecule has 1 aliphatic rings. The van der Waals surface area contributed by atoms with Crippen molar-refractivity contribution in [2.45, 2.75) is 6.04 Å². The predicted molar refractivity (Wildman–Crippen MR) is 123 cm³/mol. The molecule has 7 nitrogen and oxygen atoms in total. The van der Waals surface area contributed by atoms with E-state index in [9.17, 15) is 14.7 Å². The number of rotatable bonds is 9. The number of methoxy groups -OCH3 is 1. The molecule has 1 unspecified atom stereocenters. The molecular weight excluding hydrogens is 408 g/mol. The molecule has 1 saturated heterocycles. The first-order chi connectivity index (χ1) is 15.4. The normalized spacial score (nSPS) is 17.6. The zero-order chi connectivity index (χ0) is 23.3. The Labute approximate surface area is 188 Å². The Hall–Kier alpha value is -3.58. The molecule has 32 heavy (non-hydrogen) atoms. The molecule has 1 amide bonds. The van der Waals surface area contributed by atoms with Crippen LogP contribution in [0.3, 0.4) is 0 Å². The van der Waals surface area contributed by atoms with Gasteiger partial charge in [-0.2, -0.15) is 0 Å². The van der Waals surface area contributed by atoms with Crippen LogP contribution < -0.4 is 9.47 Å². The number of amides is 1. The lowest BCUT2D eigenvalue weighted by atomic mass is 9.95. The van der Waals surface area contributed by atoms with E-state index in [0.717, 1.165) is 0 Å². The molecule has 1 N–H and O–H groups in total. The van der Waals surface area contributed by atoms with Gasteiger partial charge >= 0.3 is 0 Å². The second-order valence-electron chi connectivity index (χ2n) is 7.70. The fourth-order valence-electron chi connectivity index (χ4n) is 3.59. The number of hydrogen-bond donors (Lipinski definition) is 1. The van der Waals surface area contributed by atoms with Crippen molar-refractivity contribution in [3.8, 4) is 11.5 Å². The summed E-state index contributed by atoms with van der Waals surface area (Å²) >= 11 is 0. The zero-order valence-corrected chi connectivity index (χ0v) is 18.6. The lowest BCUT2D eigenvalue weighted by molar-refractivity contribution is -0.140. The van der Waals surface area contributed by atoms with E-state index in [0.29, 0.717) is 42.3 Å². The number of likely N-dealkylation sites (N-methyl/N-ethyl adjacent to an activating group) is 1. The van der Waals surface area contributed by atoms with Crippen molar-refractivity contribution >= 4 is 17.4 Å². The topological polar surface area (TPSA) is 79.3 Å². The van der Waals surface area contributed by atoms with Crippen LogP contribution in [0.25, 0.3) is 5.76 Å². The molecule has 2 aromatic rings. The van der Waals surface area contributed by atoms with Gasteiger partial charge in [-0.3, -0.25) is 9.59 Å². The van der Waals surface area contributed by atoms with Crippen LogP contribution >= 0.6 is 0 Å². The molecule has 0 aliphatic carbocycles. The molecule has 1 aliphatic heterocycles. The number of Topliss-reactive ketones (excluding diaryl/α,β-unsaturated/α-hetero) is 1. The van der Waals surface area contributed by atoms with Crippen molar-refractivity contribution in [3.63, 3.8) is 0 Å². The lowest BCUT2D eigenvalue weighted by Crippen LogP contribution is -2.35. The first-order valence-electron chi connectivity index (χ1n) is 10.3. The van der Waals surface area contributed by atoms with Gasteiger partial charge in [0.15, 0.2) is 0 Å². The van der Waals surface area contributed by atoms with Crippen molar-refractivity contribution in [2.24, 2.45) is 0 Å². The molecule has 7 heteroatoms. The van der Waals surface area contributed by atoms with E-state index in [1.54, 1.807) is 54.6 Å². The van der Waals surface area contributed by atoms with Crippen LogP contribution in [0.5, 0.6) is 11.5 Å². The molecule has 3 rings (SSSR count). The molecule has 0 aromatic heterocycles. The van der Waals surface area contributed by atoms with E-state index in [2.05, 4.69) is 6.58 Å². The summed E-state index contributed by atoms with van der Waals surface area (Å²) in [7, 11) is 5.32. The molecule has 0 spiro atoms. The van der Waals surface area contributed by atoms with E-state index in [1.807, 2.05) is 19.0 Å². The van der Waals surface area contributed by atoms with Crippen molar-refractivity contribution in [1.29, 1.82) is 0 Å². The maximum Gasteiger partial charge on any atom is 0.295 e. The molecule has 0 bridgehead atoms. The standard InChI is InChI=1S/C25H28N2O5/c1-5-15-32-19-11-9-17(10-12-19)22-21(23(28)18-7-6-8-20(16-18)31-4)24(29)25(30)27(22)14-13-26(2)3/h5-12,16,22,28H,1,13-15H2,2-4H3. The fraction of sp³-hybridized carbons (Fsp3) is 0.280. The monoisotopic (exact) mass is 436 g/mol. The second kappa shape index (κ2) is 10.2. The number of carbonyl (C=O) groups excluding carboxylic acids is 2. The minimum Gasteiger partial charge on any atom is -0.507 e. The SMILES string of the molecule is C=CCOc1ccc(C2C(=C(O)c3cccc(OC)c3)C(=O)C(=O)N2CCN(C)C)cc1. The highest BCUT2D eigenvalue weighted by Gasteiger charge is 2.45. The first kappa shape index (κ1) is 23.1. The number of aliphatic hydroxyl groups excluding tert-OH is 1. The fourth-order valence-corrected chi connectivity index (χ4v) is 3.59. The third-order valence-corrected chi connectivity index (χ3v) is 5.23. The number of ether oxygens (including phenoxy) is 2. The van der Waals surface area contributed by atoms with Crippen LogP contribution in [0.1, 0.15) is 17.2 Å². The van der Waals surface area contributed by atoms with Gasteiger partial charge in [-0.1, -0.05) is 36.9 Å². The van der Waals surface area contributed by atoms with Gasteiger partial charge < -0.3 is 24.4 Å². The van der Waals surface area contributed by atoms with Gasteiger partial charge in [-0.25, -0.2) is 0 Å². The molecule has 0 saturated carbocycles. The molecule has 1 heterocycles. The largest absolute Gasteiger partial charge is 0.507 e. The average Bonchev–Trinajstić information content (AvgIpc) is 3.06. The van der Waals surface area contributed by atoms with Gasteiger partial charge in [0, 0.05) is 18.7 Å². The van der Waals surface area contributed by atoms with Crippen LogP contribution in [0.15, 0.2) is 66.8 Å². The maximum atomic E-state index is 13.0. The summed E-state index contributed by atoms with van der Waals surface area (Å²) in [6, 6.07) is 13.2. The Morgan fingerprint density at radius 3 is 2.50 bits per heavy atom. The lowest BCUT2D eigenvalue weighted by Gasteiger charge is -2.26. The van der Waals surface area contributed by atoms with Crippen LogP contribution in [-0.2, 0) is 9.59 Å². The molecule has 168 valence electrons. The molecule has 2 aromatic carbocycles. The van der Waals surface area contributed by atoms with Crippen molar-refractivity contribution in [1.82, 2.24) is 9.80 Å². The minimum absolute atomic E-state index is 0.0572. The summed E-state index contributed by atoms with van der Waals surface area (Å²) in [5.41, 5.74) is 1.17. The van der Waals surface area contributed by atoms with Crippen LogP contribution in [0, 0.1) is 0 Å². The number of ketones is 1. The number of hydrogen-bond acceptors (Lipinski definition) is 6. The summed E-state index contributed by atoms with van der Waals surface area (Å²) in [5.74, 6) is -0.385. The summed E-state index contributed by atoms with van der Waals surface area (Å²) in [4.78, 5) is 29.4. The Morgan fingerprint density at radius 2 is 1.88 bits per heavy atom. The smallest absolute Gasteiger partial charge is 0.295 e. The number of benzene rings is 2. The molecule has 1 atom stereocenters. The van der Waals surface area contributed by atoms with Crippen molar-refractivity contribution < 1.29 is 24.2 Å². The maximum absolute atomic E-state index is 13.0. The van der Waals surface area contributed by atoms with E-state index in [-0.39, 0.29) is 11.3 Å². The Bertz CT molecular complexity index is 1030. The second-order valence-corrected chi connectivity index (χ2v) is 7.70. The summed E-state index contributed by atoms with van der Waals surface area (Å²) in [6.45, 7) is 4.92. The van der Waals surface area contributed by atoms with Gasteiger partial charge in [-0.15, -0.1) is 0 Å². The first-order valence-corrected chi connectivity index (χ1v) is 10.3. The van der Waals surface area contributed by atoms with Crippen molar-refractivity contribution in [3.05, 3.63) is 77.9 Å². The van der Waals surface area contributed by atoms with Crippen LogP contribution in [0.2, 0.25) is 0 Å². The Balaban J connectivity index is 2.09. The highest BCUT2D eigenvalue weighted by atomic mass is 16.5. The third-order valence-electron chi connectivity index (χ3n) is 5.23. The summed E-state index contributed by atoms with van der Waals surface area (Å²) in [6.07, 6.45) is 1.65. The van der Waals surface area contributed by atoms with Crippen molar-refractivity contribution in [2.75, 3.05) is 40.9 Å². The van der Waals surface area contributed by atoms with E-state index >= 15 is 0 Å². The van der Waals surface area contributed by atoms with Crippen LogP contribution in [0.4, 0.5) is 0 Å². The van der Waals surface area contributed by atoms with E-state index in [4.69, 9.17) is 9.47 Å². The van der Waals surface area contributed by atoms with Gasteiger partial charge in [0.1, 0.15) is 23.9 Å². The quantitative estimate of drug-likeness (QED) is 0.281. The van der Waals surface area contributed by atoms with Crippen LogP contribution in [-0.4, -0.2) is 67.5 Å². The highest BCUT2D eigenvalue weighted by Crippen LogP contribution is 2.40. The predicted octanol–water partition coefficient (Wildman–Crippen LogP) is 3.24. The Morgan fingerprint density at radius 1 is 1.16 bits per heavy atom. The number of aliphatic hydroxyl groups is 1. The summed E-state index contributed by atoms with van der Waals surface area (Å²) < 4.78 is 10.8. The van der Waals surface area contributed by atoms with Gasteiger partial charge in [0.05, 0.1) is 18.7 Å². The highest BCUT2D eigenvalue weighted by molar-refractivity contribution is 6.46. The average molecular weight is 437 g/mol. The molecular formula is C25H28N2O5. The minimum atomic E-state index is -0.713. The number of nitrogens with zero attached hydrogens (tertiary/aromatic N) is 2. The molecule has 0 radical (unpaired) electrons. The van der Waals surface area contributed by atoms with Gasteiger partial charge in [0.2, 0.25) is 0 Å². The number of likely N-dealkylation sites (tertiary alicyclic amines) is 1. The Kier molecular flexibility index (Phi) is 7.33. The van der Waals surface area contributed by atoms with E-state index in [1.165, 1.54) is 12.0 Å².